The van der Waals surface area contributed by atoms with Crippen molar-refractivity contribution in [2.45, 2.75) is 412 Å². The number of hydrogen-bond acceptors (Lipinski definition) is 6. The Morgan fingerprint density at radius 1 is 0.247 bits per heavy atom. The molecular formula is C71H136O6. The van der Waals surface area contributed by atoms with Crippen LogP contribution in [0.1, 0.15) is 406 Å². The minimum absolute atomic E-state index is 0.0657. The molecule has 0 aliphatic heterocycles. The highest BCUT2D eigenvalue weighted by Crippen LogP contribution is 2.19. The summed E-state index contributed by atoms with van der Waals surface area (Å²) < 4.78 is 17.0. The summed E-state index contributed by atoms with van der Waals surface area (Å²) in [4.78, 5) is 38.4. The number of hydrogen-bond donors (Lipinski definition) is 0. The molecule has 1 unspecified atom stereocenters. The van der Waals surface area contributed by atoms with Gasteiger partial charge in [-0.05, 0) is 44.9 Å². The maximum absolute atomic E-state index is 12.9. The number of carbonyl (C=O) groups excluding carboxylic acids is 3. The smallest absolute Gasteiger partial charge is 0.306 e. The first-order chi connectivity index (χ1) is 38.0. The summed E-state index contributed by atoms with van der Waals surface area (Å²) in [6, 6.07) is 0. The molecule has 456 valence electrons. The zero-order valence-corrected chi connectivity index (χ0v) is 52.5. The van der Waals surface area contributed by atoms with Crippen molar-refractivity contribution in [2.75, 3.05) is 13.2 Å². The standard InChI is InChI=1S/C71H136O6/c1-4-7-10-13-16-19-22-25-28-30-32-33-34-35-36-37-38-39-40-42-43-46-49-52-55-58-61-64-70(73)76-67-68(66-75-69(72)63-60-57-54-51-48-45-27-24-21-18-15-12-9-6-3)77-71(74)65-62-59-56-53-50-47-44-41-31-29-26-23-20-17-14-11-8-5-2/h24,27,68H,4-23,25-26,28-67H2,1-3H3/b27-24-. The first-order valence-corrected chi connectivity index (χ1v) is 35.2. The van der Waals surface area contributed by atoms with Crippen LogP contribution in [0.15, 0.2) is 12.2 Å². The molecule has 0 aromatic heterocycles. The second-order valence-corrected chi connectivity index (χ2v) is 24.2. The fourth-order valence-electron chi connectivity index (χ4n) is 11.0. The van der Waals surface area contributed by atoms with Gasteiger partial charge in [0.2, 0.25) is 0 Å². The molecule has 0 aromatic carbocycles. The Morgan fingerprint density at radius 2 is 0.429 bits per heavy atom. The van der Waals surface area contributed by atoms with Gasteiger partial charge in [0.25, 0.3) is 0 Å². The number of esters is 3. The van der Waals surface area contributed by atoms with Crippen LogP contribution >= 0.6 is 0 Å². The van der Waals surface area contributed by atoms with E-state index >= 15 is 0 Å². The van der Waals surface area contributed by atoms with Gasteiger partial charge >= 0.3 is 17.9 Å². The Hall–Kier alpha value is -1.85. The molecule has 1 atom stereocenters. The molecule has 6 heteroatoms. The van der Waals surface area contributed by atoms with Crippen LogP contribution in [0.4, 0.5) is 0 Å². The van der Waals surface area contributed by atoms with Gasteiger partial charge in [-0.25, -0.2) is 0 Å². The van der Waals surface area contributed by atoms with Crippen LogP contribution in [0, 0.1) is 0 Å². The summed E-state index contributed by atoms with van der Waals surface area (Å²) in [7, 11) is 0. The molecule has 0 aromatic rings. The Kier molecular flexibility index (Phi) is 65.1. The maximum Gasteiger partial charge on any atom is 0.306 e. The molecule has 0 radical (unpaired) electrons. The Balaban J connectivity index is 4.19. The van der Waals surface area contributed by atoms with Gasteiger partial charge in [-0.1, -0.05) is 354 Å². The third-order valence-corrected chi connectivity index (χ3v) is 16.3. The molecule has 77 heavy (non-hydrogen) atoms. The third kappa shape index (κ3) is 64.9. The van der Waals surface area contributed by atoms with E-state index in [0.29, 0.717) is 19.3 Å². The van der Waals surface area contributed by atoms with E-state index in [1.165, 1.54) is 302 Å². The van der Waals surface area contributed by atoms with Gasteiger partial charge in [0.1, 0.15) is 13.2 Å². The average Bonchev–Trinajstić information content (AvgIpc) is 3.43. The summed E-state index contributed by atoms with van der Waals surface area (Å²) >= 11 is 0. The van der Waals surface area contributed by atoms with Gasteiger partial charge in [-0.2, -0.15) is 0 Å². The predicted molar refractivity (Wildman–Crippen MR) is 335 cm³/mol. The monoisotopic (exact) mass is 1090 g/mol. The molecule has 0 saturated heterocycles. The van der Waals surface area contributed by atoms with Gasteiger partial charge in [0.15, 0.2) is 6.10 Å². The van der Waals surface area contributed by atoms with E-state index in [1.807, 2.05) is 0 Å². The molecule has 0 aliphatic rings. The lowest BCUT2D eigenvalue weighted by Crippen LogP contribution is -2.30. The molecule has 0 rings (SSSR count). The summed E-state index contributed by atoms with van der Waals surface area (Å²) in [5, 5.41) is 0. The van der Waals surface area contributed by atoms with Gasteiger partial charge in [0, 0.05) is 19.3 Å². The van der Waals surface area contributed by atoms with Gasteiger partial charge in [0.05, 0.1) is 0 Å². The fraction of sp³-hybridized carbons (Fsp3) is 0.930. The minimum atomic E-state index is -0.769. The zero-order chi connectivity index (χ0) is 55.7. The molecule has 0 heterocycles. The van der Waals surface area contributed by atoms with E-state index in [-0.39, 0.29) is 31.1 Å². The SMILES string of the molecule is CCCCCCC/C=C\CCCCCCCC(=O)OCC(COC(=O)CCCCCCCCCCCCCCCCCCCCCCCCCCCCC)OC(=O)CCCCCCCCCCCCCCCCCCCC. The summed E-state index contributed by atoms with van der Waals surface area (Å²) in [6.07, 6.45) is 79.6. The number of rotatable bonds is 66. The van der Waals surface area contributed by atoms with E-state index in [1.54, 1.807) is 0 Å². The fourth-order valence-corrected chi connectivity index (χ4v) is 11.0. The average molecular weight is 1090 g/mol. The molecule has 0 spiro atoms. The predicted octanol–water partition coefficient (Wildman–Crippen LogP) is 24.0. The minimum Gasteiger partial charge on any atom is -0.462 e. The molecule has 0 saturated carbocycles. The normalized spacial score (nSPS) is 12.0. The van der Waals surface area contributed by atoms with Crippen LogP contribution in [-0.2, 0) is 28.6 Å². The second kappa shape index (κ2) is 66.7. The first kappa shape index (κ1) is 75.2. The van der Waals surface area contributed by atoms with Crippen molar-refractivity contribution in [1.29, 1.82) is 0 Å². The summed E-state index contributed by atoms with van der Waals surface area (Å²) in [5.41, 5.74) is 0. The summed E-state index contributed by atoms with van der Waals surface area (Å²) in [5.74, 6) is -0.840. The van der Waals surface area contributed by atoms with Crippen LogP contribution < -0.4 is 0 Å². The van der Waals surface area contributed by atoms with Crippen LogP contribution in [0.5, 0.6) is 0 Å². The lowest BCUT2D eigenvalue weighted by Gasteiger charge is -2.18. The highest BCUT2D eigenvalue weighted by atomic mass is 16.6. The van der Waals surface area contributed by atoms with Crippen molar-refractivity contribution in [2.24, 2.45) is 0 Å². The maximum atomic E-state index is 12.9. The van der Waals surface area contributed by atoms with Crippen molar-refractivity contribution in [3.63, 3.8) is 0 Å². The zero-order valence-electron chi connectivity index (χ0n) is 52.5. The molecule has 0 bridgehead atoms. The lowest BCUT2D eigenvalue weighted by atomic mass is 10.0. The largest absolute Gasteiger partial charge is 0.462 e. The van der Waals surface area contributed by atoms with Gasteiger partial charge in [-0.3, -0.25) is 14.4 Å². The highest BCUT2D eigenvalue weighted by molar-refractivity contribution is 5.71. The van der Waals surface area contributed by atoms with Crippen molar-refractivity contribution in [1.82, 2.24) is 0 Å². The van der Waals surface area contributed by atoms with E-state index in [9.17, 15) is 14.4 Å². The van der Waals surface area contributed by atoms with Crippen molar-refractivity contribution >= 4 is 17.9 Å². The van der Waals surface area contributed by atoms with Gasteiger partial charge in [-0.15, -0.1) is 0 Å². The van der Waals surface area contributed by atoms with Crippen LogP contribution in [0.25, 0.3) is 0 Å². The molecule has 0 amide bonds. The summed E-state index contributed by atoms with van der Waals surface area (Å²) in [6.45, 7) is 6.71. The molecule has 6 nitrogen and oxygen atoms in total. The van der Waals surface area contributed by atoms with Crippen molar-refractivity contribution in [3.05, 3.63) is 12.2 Å². The van der Waals surface area contributed by atoms with Gasteiger partial charge < -0.3 is 14.2 Å². The first-order valence-electron chi connectivity index (χ1n) is 35.2. The second-order valence-electron chi connectivity index (χ2n) is 24.2. The Labute approximate surface area is 481 Å². The number of ether oxygens (including phenoxy) is 3. The highest BCUT2D eigenvalue weighted by Gasteiger charge is 2.19. The van der Waals surface area contributed by atoms with Crippen molar-refractivity contribution in [3.8, 4) is 0 Å². The molecule has 0 fully saturated rings. The number of allylic oxidation sites excluding steroid dienone is 2. The van der Waals surface area contributed by atoms with E-state index < -0.39 is 6.10 Å². The molecule has 0 N–H and O–H groups in total. The Bertz CT molecular complexity index is 1200. The van der Waals surface area contributed by atoms with Crippen LogP contribution in [-0.4, -0.2) is 37.2 Å². The van der Waals surface area contributed by atoms with Crippen LogP contribution in [0.3, 0.4) is 0 Å². The topological polar surface area (TPSA) is 78.9 Å². The van der Waals surface area contributed by atoms with Crippen LogP contribution in [0.2, 0.25) is 0 Å². The molecule has 0 aliphatic carbocycles. The quantitative estimate of drug-likeness (QED) is 0.0261. The van der Waals surface area contributed by atoms with E-state index in [4.69, 9.17) is 14.2 Å². The van der Waals surface area contributed by atoms with E-state index in [2.05, 4.69) is 32.9 Å². The lowest BCUT2D eigenvalue weighted by molar-refractivity contribution is -0.167. The van der Waals surface area contributed by atoms with E-state index in [0.717, 1.165) is 64.2 Å². The number of unbranched alkanes of at least 4 members (excludes halogenated alkanes) is 53. The number of carbonyl (C=O) groups is 3. The third-order valence-electron chi connectivity index (χ3n) is 16.3. The molecular weight excluding hydrogens is 949 g/mol. The van der Waals surface area contributed by atoms with Crippen molar-refractivity contribution < 1.29 is 28.6 Å². The Morgan fingerprint density at radius 3 is 0.649 bits per heavy atom.